The average molecular weight is 356 g/mol. The number of rotatable bonds is 4. The molecule has 3 rings (SSSR count). The van der Waals surface area contributed by atoms with Gasteiger partial charge in [0.25, 0.3) is 0 Å². The maximum Gasteiger partial charge on any atom is 0.358 e. The van der Waals surface area contributed by atoms with Crippen LogP contribution >= 0.6 is 0 Å². The van der Waals surface area contributed by atoms with E-state index in [4.69, 9.17) is 0 Å². The van der Waals surface area contributed by atoms with Crippen molar-refractivity contribution in [3.63, 3.8) is 0 Å². The normalized spacial score (nSPS) is 33.6. The lowest BCUT2D eigenvalue weighted by atomic mass is 9.70. The summed E-state index contributed by atoms with van der Waals surface area (Å²) < 4.78 is 29.3. The molecule has 2 aliphatic rings. The van der Waals surface area contributed by atoms with Crippen LogP contribution in [0.1, 0.15) is 23.8 Å². The Morgan fingerprint density at radius 3 is 2.71 bits per heavy atom. The summed E-state index contributed by atoms with van der Waals surface area (Å²) in [6.45, 7) is 0.788. The summed E-state index contributed by atoms with van der Waals surface area (Å²) in [5.74, 6) is -5.43. The van der Waals surface area contributed by atoms with Gasteiger partial charge in [0.1, 0.15) is 5.78 Å². The first-order valence-electron chi connectivity index (χ1n) is 7.09. The second-order valence-corrected chi connectivity index (χ2v) is 8.79. The lowest BCUT2D eigenvalue weighted by molar-refractivity contribution is -0.314. The third-order valence-corrected chi connectivity index (χ3v) is 7.91. The van der Waals surface area contributed by atoms with Crippen LogP contribution in [0.25, 0.3) is 0 Å². The Hall–Kier alpha value is -2.30. The highest BCUT2D eigenvalue weighted by Crippen LogP contribution is 2.53. The zero-order valence-electron chi connectivity index (χ0n) is 12.8. The van der Waals surface area contributed by atoms with Gasteiger partial charge in [0, 0.05) is 24.2 Å². The minimum atomic E-state index is -3.96. The number of esters is 1. The number of nitrogens with zero attached hydrogens (tertiary/aromatic N) is 3. The maximum atomic E-state index is 12.8. The minimum Gasteiger partial charge on any atom is -0.550 e. The fraction of sp³-hybridized carbons (Fsp3) is 0.615. The summed E-state index contributed by atoms with van der Waals surface area (Å²) in [7, 11) is -2.83. The zero-order chi connectivity index (χ0) is 17.9. The van der Waals surface area contributed by atoms with Crippen LogP contribution in [0.3, 0.4) is 0 Å². The Morgan fingerprint density at radius 2 is 2.17 bits per heavy atom. The monoisotopic (exact) mass is 356 g/mol. The number of ether oxygens (including phenoxy) is 1. The molecule has 2 fully saturated rings. The second-order valence-electron chi connectivity index (χ2n) is 6.16. The van der Waals surface area contributed by atoms with Gasteiger partial charge >= 0.3 is 5.97 Å². The minimum absolute atomic E-state index is 0.114. The number of Topliss-reactive ketones (excluding diaryl/α,β-unsaturated/α-hetero) is 1. The first-order chi connectivity index (χ1) is 11.1. The van der Waals surface area contributed by atoms with Crippen molar-refractivity contribution in [3.05, 3.63) is 11.9 Å². The molecule has 1 aliphatic carbocycles. The van der Waals surface area contributed by atoms with Gasteiger partial charge in [-0.1, -0.05) is 5.21 Å². The quantitative estimate of drug-likeness (QED) is 0.537. The van der Waals surface area contributed by atoms with Crippen LogP contribution in [0.5, 0.6) is 0 Å². The molecule has 1 aliphatic heterocycles. The highest BCUT2D eigenvalue weighted by Gasteiger charge is 2.69. The van der Waals surface area contributed by atoms with Gasteiger partial charge in [0.05, 0.1) is 29.8 Å². The number of carbonyl (C=O) groups excluding carboxylic acids is 3. The number of methoxy groups -OCH3 is 1. The molecule has 1 aromatic rings. The number of sulfone groups is 1. The number of aliphatic carboxylic acids is 1. The van der Waals surface area contributed by atoms with Gasteiger partial charge in [-0.3, -0.25) is 4.79 Å². The van der Waals surface area contributed by atoms with E-state index in [0.29, 0.717) is 0 Å². The average Bonchev–Trinajstić information content (AvgIpc) is 3.00. The van der Waals surface area contributed by atoms with E-state index in [9.17, 15) is 27.9 Å². The molecule has 0 aromatic carbocycles. The van der Waals surface area contributed by atoms with Crippen LogP contribution < -0.4 is 5.11 Å². The summed E-state index contributed by atoms with van der Waals surface area (Å²) in [5.41, 5.74) is -0.114. The number of carboxylic acids is 1. The fourth-order valence-corrected chi connectivity index (χ4v) is 6.30. The van der Waals surface area contributed by atoms with Crippen LogP contribution in [-0.4, -0.2) is 58.2 Å². The van der Waals surface area contributed by atoms with Gasteiger partial charge in [-0.05, 0) is 6.92 Å². The van der Waals surface area contributed by atoms with E-state index >= 15 is 0 Å². The van der Waals surface area contributed by atoms with Gasteiger partial charge < -0.3 is 14.6 Å². The number of hydrogen-bond donors (Lipinski definition) is 0. The third-order valence-electron chi connectivity index (χ3n) is 4.97. The smallest absolute Gasteiger partial charge is 0.358 e. The van der Waals surface area contributed by atoms with E-state index in [2.05, 4.69) is 15.0 Å². The molecule has 4 atom stereocenters. The molecule has 0 spiro atoms. The van der Waals surface area contributed by atoms with Gasteiger partial charge in [0.2, 0.25) is 0 Å². The predicted octanol–water partition coefficient (Wildman–Crippen LogP) is -2.42. The van der Waals surface area contributed by atoms with Crippen LogP contribution in [0.2, 0.25) is 0 Å². The largest absolute Gasteiger partial charge is 0.550 e. The van der Waals surface area contributed by atoms with Gasteiger partial charge in [-0.15, -0.1) is 5.10 Å². The molecule has 0 bridgehead atoms. The third kappa shape index (κ3) is 1.93. The topological polar surface area (TPSA) is 148 Å². The molecule has 0 amide bonds. The molecule has 1 saturated heterocycles. The van der Waals surface area contributed by atoms with E-state index in [1.165, 1.54) is 6.92 Å². The first kappa shape index (κ1) is 16.6. The predicted molar refractivity (Wildman–Crippen MR) is 74.1 cm³/mol. The Bertz CT molecular complexity index is 846. The Kier molecular flexibility index (Phi) is 3.52. The Morgan fingerprint density at radius 1 is 1.50 bits per heavy atom. The van der Waals surface area contributed by atoms with E-state index < -0.39 is 55.9 Å². The molecule has 11 heteroatoms. The summed E-state index contributed by atoms with van der Waals surface area (Å²) in [6, 6.07) is 0. The lowest BCUT2D eigenvalue weighted by Gasteiger charge is -2.33. The number of aromatic nitrogens is 3. The van der Waals surface area contributed by atoms with E-state index in [0.717, 1.165) is 18.0 Å². The summed E-state index contributed by atoms with van der Waals surface area (Å²) in [4.78, 5) is 35.0. The van der Waals surface area contributed by atoms with E-state index in [-0.39, 0.29) is 12.1 Å². The highest BCUT2D eigenvalue weighted by atomic mass is 32.2. The lowest BCUT2D eigenvalue weighted by Crippen LogP contribution is -2.52. The van der Waals surface area contributed by atoms with Gasteiger partial charge in [0.15, 0.2) is 15.5 Å². The van der Waals surface area contributed by atoms with Crippen molar-refractivity contribution in [2.24, 2.45) is 11.8 Å². The Balaban J connectivity index is 2.07. The standard InChI is InChI=1S/C13H15N3O7S/c1-13(5-16-6(4-14-15-16)12(20)23-2)10(11(18)19)9-7(17)3-8(9)24(13,21)22/h4,8-10H,3,5H2,1-2H3,(H,18,19)/p-1/t8?,9?,10-,13-/m0/s1. The number of hydrogen-bond acceptors (Lipinski definition) is 9. The fourth-order valence-electron chi connectivity index (χ4n) is 3.63. The van der Waals surface area contributed by atoms with Crippen LogP contribution in [0.15, 0.2) is 6.20 Å². The van der Waals surface area contributed by atoms with Gasteiger partial charge in [-0.25, -0.2) is 17.9 Å². The summed E-state index contributed by atoms with van der Waals surface area (Å²) in [6.07, 6.45) is 0.887. The molecule has 1 saturated carbocycles. The number of carboxylic acid groups (broad SMARTS) is 1. The van der Waals surface area contributed by atoms with Crippen LogP contribution in [0.4, 0.5) is 0 Å². The molecule has 130 valence electrons. The van der Waals surface area contributed by atoms with E-state index in [1.807, 2.05) is 0 Å². The van der Waals surface area contributed by atoms with Crippen molar-refractivity contribution in [2.45, 2.75) is 29.9 Å². The second kappa shape index (κ2) is 5.10. The van der Waals surface area contributed by atoms with Crippen molar-refractivity contribution in [1.82, 2.24) is 15.0 Å². The van der Waals surface area contributed by atoms with Crippen molar-refractivity contribution >= 4 is 27.6 Å². The Labute approximate surface area is 136 Å². The van der Waals surface area contributed by atoms with Crippen molar-refractivity contribution in [2.75, 3.05) is 7.11 Å². The highest BCUT2D eigenvalue weighted by molar-refractivity contribution is 7.94. The van der Waals surface area contributed by atoms with Crippen molar-refractivity contribution in [1.29, 1.82) is 0 Å². The maximum absolute atomic E-state index is 12.8. The van der Waals surface area contributed by atoms with Gasteiger partial charge in [-0.2, -0.15) is 0 Å². The zero-order valence-corrected chi connectivity index (χ0v) is 13.6. The summed E-state index contributed by atoms with van der Waals surface area (Å²) >= 11 is 0. The molecule has 24 heavy (non-hydrogen) atoms. The van der Waals surface area contributed by atoms with Crippen LogP contribution in [-0.2, 0) is 30.7 Å². The molecule has 10 nitrogen and oxygen atoms in total. The van der Waals surface area contributed by atoms with E-state index in [1.54, 1.807) is 0 Å². The SMILES string of the molecule is COC(=O)c1cnnn1C[C@@]1(C)[C@H](C(=O)[O-])C2C(=O)CC2S1(=O)=O. The number of carbonyl (C=O) groups is 3. The number of fused-ring (bicyclic) bond motifs is 1. The van der Waals surface area contributed by atoms with Crippen molar-refractivity contribution < 1.29 is 32.6 Å². The molecule has 0 N–H and O–H groups in total. The molecular weight excluding hydrogens is 342 g/mol. The molecule has 0 radical (unpaired) electrons. The molecule has 1 aromatic heterocycles. The molecule has 2 heterocycles. The summed E-state index contributed by atoms with van der Waals surface area (Å²) in [5, 5.41) is 17.7. The number of ketones is 1. The first-order valence-corrected chi connectivity index (χ1v) is 8.63. The van der Waals surface area contributed by atoms with Crippen LogP contribution in [0, 0.1) is 11.8 Å². The molecular formula is C13H14N3O7S-. The van der Waals surface area contributed by atoms with Crippen molar-refractivity contribution in [3.8, 4) is 0 Å². The molecule has 2 unspecified atom stereocenters.